The Morgan fingerprint density at radius 2 is 1.87 bits per heavy atom. The van der Waals surface area contributed by atoms with Crippen LogP contribution in [0.1, 0.15) is 52.9 Å². The van der Waals surface area contributed by atoms with Crippen molar-refractivity contribution < 1.29 is 4.79 Å². The molecule has 1 rings (SSSR count). The van der Waals surface area contributed by atoms with E-state index in [9.17, 15) is 4.79 Å². The highest BCUT2D eigenvalue weighted by Crippen LogP contribution is 2.32. The Morgan fingerprint density at radius 3 is 2.33 bits per heavy atom. The van der Waals surface area contributed by atoms with E-state index in [1.165, 1.54) is 25.7 Å². The Bertz CT molecular complexity index is 234. The molecule has 1 aliphatic rings. The molecule has 0 N–H and O–H groups in total. The van der Waals surface area contributed by atoms with E-state index in [0.29, 0.717) is 5.57 Å². The van der Waals surface area contributed by atoms with Crippen molar-refractivity contribution in [1.82, 2.24) is 0 Å². The van der Waals surface area contributed by atoms with Crippen LogP contribution in [-0.2, 0) is 4.79 Å². The van der Waals surface area contributed by atoms with Crippen LogP contribution in [0.15, 0.2) is 12.2 Å². The van der Waals surface area contributed by atoms with Crippen LogP contribution in [0.25, 0.3) is 0 Å². The number of carbonyl (C=O) groups excluding carboxylic acids is 1. The summed E-state index contributed by atoms with van der Waals surface area (Å²) in [6.45, 7) is 9.94. The molecule has 1 aliphatic carbocycles. The Kier molecular flexibility index (Phi) is 4.56. The van der Waals surface area contributed by atoms with Crippen molar-refractivity contribution in [3.63, 3.8) is 0 Å². The zero-order chi connectivity index (χ0) is 11.4. The van der Waals surface area contributed by atoms with Gasteiger partial charge in [-0.15, -0.1) is 0 Å². The number of rotatable bonds is 4. The molecule has 0 unspecified atom stereocenters. The summed E-state index contributed by atoms with van der Waals surface area (Å²) in [5, 5.41) is 0. The molecule has 1 saturated carbocycles. The maximum absolute atomic E-state index is 11.7. The predicted molar refractivity (Wildman–Crippen MR) is 64.7 cm³/mol. The van der Waals surface area contributed by atoms with Crippen molar-refractivity contribution in [3.05, 3.63) is 12.2 Å². The van der Waals surface area contributed by atoms with Crippen molar-refractivity contribution in [1.29, 1.82) is 0 Å². The number of Topliss-reactive ketones (excluding diaryl/α,β-unsaturated/α-hetero) is 1. The van der Waals surface area contributed by atoms with E-state index < -0.39 is 0 Å². The summed E-state index contributed by atoms with van der Waals surface area (Å²) < 4.78 is 0. The summed E-state index contributed by atoms with van der Waals surface area (Å²) in [4.78, 5) is 11.7. The van der Waals surface area contributed by atoms with E-state index in [1.54, 1.807) is 0 Å². The number of ketones is 1. The van der Waals surface area contributed by atoms with Crippen molar-refractivity contribution in [3.8, 4) is 0 Å². The van der Waals surface area contributed by atoms with E-state index in [4.69, 9.17) is 0 Å². The lowest BCUT2D eigenvalue weighted by atomic mass is 9.78. The first kappa shape index (κ1) is 12.5. The van der Waals surface area contributed by atoms with Crippen molar-refractivity contribution in [2.75, 3.05) is 0 Å². The molecule has 0 saturated heterocycles. The smallest absolute Gasteiger partial charge is 0.160 e. The Morgan fingerprint density at radius 1 is 1.33 bits per heavy atom. The average Bonchev–Trinajstić information content (AvgIpc) is 2.20. The molecular formula is C14H24O. The van der Waals surface area contributed by atoms with Gasteiger partial charge in [-0.05, 0) is 30.8 Å². The van der Waals surface area contributed by atoms with Gasteiger partial charge in [0.1, 0.15) is 0 Å². The van der Waals surface area contributed by atoms with Gasteiger partial charge >= 0.3 is 0 Å². The number of carbonyl (C=O) groups is 1. The molecule has 15 heavy (non-hydrogen) atoms. The van der Waals surface area contributed by atoms with E-state index >= 15 is 0 Å². The summed E-state index contributed by atoms with van der Waals surface area (Å²) in [7, 11) is 0. The summed E-state index contributed by atoms with van der Waals surface area (Å²) in [5.41, 5.74) is 0.715. The zero-order valence-corrected chi connectivity index (χ0v) is 10.4. The van der Waals surface area contributed by atoms with Crippen LogP contribution in [0.5, 0.6) is 0 Å². The molecule has 86 valence electrons. The van der Waals surface area contributed by atoms with Crippen molar-refractivity contribution in [2.24, 2.45) is 17.8 Å². The van der Waals surface area contributed by atoms with Crippen molar-refractivity contribution >= 4 is 5.78 Å². The number of allylic oxidation sites excluding steroid dienone is 1. The standard InChI is InChI=1S/C14H24O/c1-10(2)14(15)12(4)9-13-7-5-11(3)6-8-13/h11-13H,1,5-9H2,2-4H3/t11-,12-,13-/m0/s1. The van der Waals surface area contributed by atoms with Crippen LogP contribution in [0, 0.1) is 17.8 Å². The van der Waals surface area contributed by atoms with Crippen LogP contribution in [-0.4, -0.2) is 5.78 Å². The zero-order valence-electron chi connectivity index (χ0n) is 10.4. The van der Waals surface area contributed by atoms with Gasteiger partial charge in [0.15, 0.2) is 5.78 Å². The number of hydrogen-bond acceptors (Lipinski definition) is 1. The number of hydrogen-bond donors (Lipinski definition) is 0. The molecule has 1 nitrogen and oxygen atoms in total. The fourth-order valence-electron chi connectivity index (χ4n) is 2.59. The van der Waals surface area contributed by atoms with Crippen LogP contribution < -0.4 is 0 Å². The van der Waals surface area contributed by atoms with Gasteiger partial charge in [0.05, 0.1) is 0 Å². The highest BCUT2D eigenvalue weighted by molar-refractivity contribution is 5.95. The topological polar surface area (TPSA) is 17.1 Å². The second kappa shape index (κ2) is 5.48. The van der Waals surface area contributed by atoms with E-state index in [1.807, 2.05) is 6.92 Å². The maximum Gasteiger partial charge on any atom is 0.160 e. The fourth-order valence-corrected chi connectivity index (χ4v) is 2.59. The highest BCUT2D eigenvalue weighted by atomic mass is 16.1. The van der Waals surface area contributed by atoms with Crippen molar-refractivity contribution in [2.45, 2.75) is 52.9 Å². The lowest BCUT2D eigenvalue weighted by molar-refractivity contribution is -0.119. The largest absolute Gasteiger partial charge is 0.294 e. The lowest BCUT2D eigenvalue weighted by Gasteiger charge is -2.27. The first-order chi connectivity index (χ1) is 7.00. The van der Waals surface area contributed by atoms with Gasteiger partial charge in [-0.2, -0.15) is 0 Å². The SMILES string of the molecule is C=C(C)C(=O)[C@@H](C)C[C@H]1CC[C@H](C)CC1. The monoisotopic (exact) mass is 208 g/mol. The average molecular weight is 208 g/mol. The third kappa shape index (κ3) is 3.81. The molecule has 0 amide bonds. The minimum absolute atomic E-state index is 0.181. The van der Waals surface area contributed by atoms with Gasteiger partial charge in [0.25, 0.3) is 0 Å². The molecule has 1 atom stereocenters. The van der Waals surface area contributed by atoms with Crippen LogP contribution in [0.3, 0.4) is 0 Å². The van der Waals surface area contributed by atoms with E-state index in [2.05, 4.69) is 20.4 Å². The summed E-state index contributed by atoms with van der Waals surface area (Å²) >= 11 is 0. The van der Waals surface area contributed by atoms with Crippen LogP contribution in [0.2, 0.25) is 0 Å². The fraction of sp³-hybridized carbons (Fsp3) is 0.786. The second-order valence-electron chi connectivity index (χ2n) is 5.41. The van der Waals surface area contributed by atoms with E-state index in [0.717, 1.165) is 18.3 Å². The highest BCUT2D eigenvalue weighted by Gasteiger charge is 2.23. The first-order valence-electron chi connectivity index (χ1n) is 6.20. The molecule has 0 heterocycles. The molecular weight excluding hydrogens is 184 g/mol. The Hall–Kier alpha value is -0.590. The minimum atomic E-state index is 0.181. The summed E-state index contributed by atoms with van der Waals surface area (Å²) in [5.74, 6) is 2.11. The molecule has 0 spiro atoms. The quantitative estimate of drug-likeness (QED) is 0.639. The summed E-state index contributed by atoms with van der Waals surface area (Å²) in [6.07, 6.45) is 6.39. The van der Waals surface area contributed by atoms with Gasteiger partial charge in [0.2, 0.25) is 0 Å². The molecule has 0 bridgehead atoms. The molecule has 1 heteroatoms. The molecule has 0 aromatic carbocycles. The molecule has 0 aromatic heterocycles. The Labute approximate surface area is 93.9 Å². The predicted octanol–water partition coefficient (Wildman–Crippen LogP) is 3.98. The first-order valence-corrected chi connectivity index (χ1v) is 6.20. The van der Waals surface area contributed by atoms with Crippen LogP contribution in [0.4, 0.5) is 0 Å². The summed E-state index contributed by atoms with van der Waals surface area (Å²) in [6, 6.07) is 0. The minimum Gasteiger partial charge on any atom is -0.294 e. The Balaban J connectivity index is 2.35. The third-order valence-corrected chi connectivity index (χ3v) is 3.69. The molecule has 1 fully saturated rings. The van der Waals surface area contributed by atoms with Gasteiger partial charge in [-0.3, -0.25) is 4.79 Å². The molecule has 0 aliphatic heterocycles. The van der Waals surface area contributed by atoms with Gasteiger partial charge in [-0.1, -0.05) is 46.1 Å². The van der Waals surface area contributed by atoms with Gasteiger partial charge in [-0.25, -0.2) is 0 Å². The third-order valence-electron chi connectivity index (χ3n) is 3.69. The van der Waals surface area contributed by atoms with Crippen LogP contribution >= 0.6 is 0 Å². The lowest BCUT2D eigenvalue weighted by Crippen LogP contribution is -2.19. The molecule has 0 radical (unpaired) electrons. The van der Waals surface area contributed by atoms with Gasteiger partial charge < -0.3 is 0 Å². The van der Waals surface area contributed by atoms with Gasteiger partial charge in [0, 0.05) is 5.92 Å². The normalized spacial score (nSPS) is 28.5. The second-order valence-corrected chi connectivity index (χ2v) is 5.41. The molecule has 0 aromatic rings. The van der Waals surface area contributed by atoms with E-state index in [-0.39, 0.29) is 11.7 Å². The maximum atomic E-state index is 11.7.